The summed E-state index contributed by atoms with van der Waals surface area (Å²) in [6, 6.07) is 1.86. The number of halogens is 1. The molecular formula is C13H21BrN4. The van der Waals surface area contributed by atoms with Gasteiger partial charge in [0, 0.05) is 50.4 Å². The van der Waals surface area contributed by atoms with Gasteiger partial charge in [0.25, 0.3) is 0 Å². The van der Waals surface area contributed by atoms with Gasteiger partial charge in [0.2, 0.25) is 5.95 Å². The summed E-state index contributed by atoms with van der Waals surface area (Å²) in [4.78, 5) is 13.4. The molecule has 0 radical (unpaired) electrons. The van der Waals surface area contributed by atoms with Crippen molar-refractivity contribution in [1.82, 2.24) is 14.9 Å². The van der Waals surface area contributed by atoms with Crippen LogP contribution in [0.2, 0.25) is 0 Å². The third-order valence-electron chi connectivity index (χ3n) is 3.22. The summed E-state index contributed by atoms with van der Waals surface area (Å²) in [5, 5.41) is 1.04. The largest absolute Gasteiger partial charge is 0.338 e. The van der Waals surface area contributed by atoms with Gasteiger partial charge in [-0.1, -0.05) is 29.8 Å². The summed E-state index contributed by atoms with van der Waals surface area (Å²) in [6.45, 7) is 9.96. The van der Waals surface area contributed by atoms with Crippen molar-refractivity contribution in [2.24, 2.45) is 5.41 Å². The minimum atomic E-state index is 0.339. The zero-order valence-electron chi connectivity index (χ0n) is 11.1. The van der Waals surface area contributed by atoms with Crippen molar-refractivity contribution in [3.8, 4) is 0 Å². The van der Waals surface area contributed by atoms with E-state index < -0.39 is 0 Å². The van der Waals surface area contributed by atoms with E-state index >= 15 is 0 Å². The molecular weight excluding hydrogens is 292 g/mol. The average molecular weight is 313 g/mol. The molecule has 0 N–H and O–H groups in total. The van der Waals surface area contributed by atoms with Crippen LogP contribution in [0.1, 0.15) is 13.8 Å². The van der Waals surface area contributed by atoms with Crippen molar-refractivity contribution in [3.05, 3.63) is 18.5 Å². The van der Waals surface area contributed by atoms with Gasteiger partial charge in [0.1, 0.15) is 0 Å². The molecule has 0 unspecified atom stereocenters. The van der Waals surface area contributed by atoms with Crippen LogP contribution in [0.4, 0.5) is 5.95 Å². The predicted molar refractivity (Wildman–Crippen MR) is 78.3 cm³/mol. The maximum Gasteiger partial charge on any atom is 0.225 e. The zero-order chi connectivity index (χ0) is 13.0. The molecule has 4 nitrogen and oxygen atoms in total. The second-order valence-electron chi connectivity index (χ2n) is 5.61. The fourth-order valence-corrected chi connectivity index (χ4v) is 2.39. The summed E-state index contributed by atoms with van der Waals surface area (Å²) >= 11 is 3.59. The minimum Gasteiger partial charge on any atom is -0.338 e. The topological polar surface area (TPSA) is 32.3 Å². The van der Waals surface area contributed by atoms with Gasteiger partial charge in [-0.05, 0) is 11.5 Å². The van der Waals surface area contributed by atoms with E-state index in [1.54, 1.807) is 0 Å². The minimum absolute atomic E-state index is 0.339. The zero-order valence-corrected chi connectivity index (χ0v) is 12.7. The van der Waals surface area contributed by atoms with Gasteiger partial charge >= 0.3 is 0 Å². The Balaban J connectivity index is 1.85. The first-order chi connectivity index (χ1) is 8.61. The van der Waals surface area contributed by atoms with Crippen molar-refractivity contribution < 1.29 is 0 Å². The van der Waals surface area contributed by atoms with E-state index in [1.807, 2.05) is 18.5 Å². The normalized spacial score (nSPS) is 18.1. The summed E-state index contributed by atoms with van der Waals surface area (Å²) in [7, 11) is 0. The molecule has 18 heavy (non-hydrogen) atoms. The molecule has 2 rings (SSSR count). The van der Waals surface area contributed by atoms with Crippen molar-refractivity contribution in [2.75, 3.05) is 43.0 Å². The first-order valence-corrected chi connectivity index (χ1v) is 7.53. The molecule has 0 atom stereocenters. The lowest BCUT2D eigenvalue weighted by Gasteiger charge is -2.38. The molecule has 0 saturated carbocycles. The molecule has 1 aromatic rings. The fraction of sp³-hybridized carbons (Fsp3) is 0.692. The Hall–Kier alpha value is -0.680. The molecule has 1 aliphatic rings. The molecule has 0 aromatic carbocycles. The van der Waals surface area contributed by atoms with E-state index in [2.05, 4.69) is 49.5 Å². The van der Waals surface area contributed by atoms with Gasteiger partial charge in [0.15, 0.2) is 0 Å². The van der Waals surface area contributed by atoms with Crippen LogP contribution >= 0.6 is 15.9 Å². The van der Waals surface area contributed by atoms with E-state index in [9.17, 15) is 0 Å². The summed E-state index contributed by atoms with van der Waals surface area (Å²) in [6.07, 6.45) is 3.62. The van der Waals surface area contributed by atoms with Gasteiger partial charge in [-0.3, -0.25) is 4.90 Å². The highest BCUT2D eigenvalue weighted by Crippen LogP contribution is 2.21. The lowest BCUT2D eigenvalue weighted by molar-refractivity contribution is 0.185. The molecule has 0 spiro atoms. The van der Waals surface area contributed by atoms with Gasteiger partial charge in [0.05, 0.1) is 0 Å². The number of piperazine rings is 1. The number of anilines is 1. The number of hydrogen-bond donors (Lipinski definition) is 0. The van der Waals surface area contributed by atoms with Crippen molar-refractivity contribution in [3.63, 3.8) is 0 Å². The Morgan fingerprint density at radius 2 is 1.78 bits per heavy atom. The fourth-order valence-electron chi connectivity index (χ4n) is 2.21. The van der Waals surface area contributed by atoms with Gasteiger partial charge in [-0.15, -0.1) is 0 Å². The molecule has 2 heterocycles. The highest BCUT2D eigenvalue weighted by Gasteiger charge is 2.24. The van der Waals surface area contributed by atoms with Crippen molar-refractivity contribution in [2.45, 2.75) is 13.8 Å². The number of rotatable bonds is 4. The lowest BCUT2D eigenvalue weighted by atomic mass is 9.95. The molecule has 100 valence electrons. The predicted octanol–water partition coefficient (Wildman–Crippen LogP) is 2.02. The summed E-state index contributed by atoms with van der Waals surface area (Å²) in [5.74, 6) is 0.858. The Bertz CT molecular complexity index is 361. The lowest BCUT2D eigenvalue weighted by Crippen LogP contribution is -2.49. The number of aromatic nitrogens is 2. The Morgan fingerprint density at radius 3 is 2.33 bits per heavy atom. The van der Waals surface area contributed by atoms with Crippen molar-refractivity contribution >= 4 is 21.9 Å². The Kier molecular flexibility index (Phi) is 4.56. The molecule has 0 bridgehead atoms. The van der Waals surface area contributed by atoms with E-state index in [0.717, 1.165) is 44.0 Å². The Morgan fingerprint density at radius 1 is 1.17 bits per heavy atom. The summed E-state index contributed by atoms with van der Waals surface area (Å²) in [5.41, 5.74) is 0.339. The van der Waals surface area contributed by atoms with Crippen LogP contribution in [0.15, 0.2) is 18.5 Å². The van der Waals surface area contributed by atoms with Crippen LogP contribution in [0.25, 0.3) is 0 Å². The number of alkyl halides is 1. The van der Waals surface area contributed by atoms with E-state index in [1.165, 1.54) is 0 Å². The first kappa shape index (κ1) is 13.7. The second kappa shape index (κ2) is 5.97. The quantitative estimate of drug-likeness (QED) is 0.796. The highest BCUT2D eigenvalue weighted by atomic mass is 79.9. The molecule has 0 amide bonds. The van der Waals surface area contributed by atoms with E-state index in [4.69, 9.17) is 0 Å². The molecule has 5 heteroatoms. The standard InChI is InChI=1S/C13H21BrN4/c1-13(2,10-14)11-17-6-8-18(9-7-17)12-15-4-3-5-16-12/h3-5H,6-11H2,1-2H3. The monoisotopic (exact) mass is 312 g/mol. The van der Waals surface area contributed by atoms with Crippen molar-refractivity contribution in [1.29, 1.82) is 0 Å². The van der Waals surface area contributed by atoms with Gasteiger partial charge in [-0.2, -0.15) is 0 Å². The number of hydrogen-bond acceptors (Lipinski definition) is 4. The SMILES string of the molecule is CC(C)(CBr)CN1CCN(c2ncccn2)CC1. The molecule has 1 fully saturated rings. The third-order valence-corrected chi connectivity index (χ3v) is 4.74. The number of nitrogens with zero attached hydrogens (tertiary/aromatic N) is 4. The molecule has 0 aliphatic carbocycles. The Labute approximate surface area is 118 Å². The van der Waals surface area contributed by atoms with Crippen LogP contribution in [0.5, 0.6) is 0 Å². The van der Waals surface area contributed by atoms with E-state index in [-0.39, 0.29) is 0 Å². The summed E-state index contributed by atoms with van der Waals surface area (Å²) < 4.78 is 0. The smallest absolute Gasteiger partial charge is 0.225 e. The van der Waals surface area contributed by atoms with E-state index in [0.29, 0.717) is 5.41 Å². The van der Waals surface area contributed by atoms with Crippen LogP contribution in [-0.2, 0) is 0 Å². The second-order valence-corrected chi connectivity index (χ2v) is 6.17. The van der Waals surface area contributed by atoms with Gasteiger partial charge < -0.3 is 4.90 Å². The maximum absolute atomic E-state index is 4.31. The van der Waals surface area contributed by atoms with Crippen LogP contribution < -0.4 is 4.90 Å². The van der Waals surface area contributed by atoms with Crippen LogP contribution in [0, 0.1) is 5.41 Å². The molecule has 1 aliphatic heterocycles. The van der Waals surface area contributed by atoms with Crippen LogP contribution in [0.3, 0.4) is 0 Å². The molecule has 1 saturated heterocycles. The third kappa shape index (κ3) is 3.65. The maximum atomic E-state index is 4.31. The average Bonchev–Trinajstić information content (AvgIpc) is 2.40. The highest BCUT2D eigenvalue weighted by molar-refractivity contribution is 9.09. The first-order valence-electron chi connectivity index (χ1n) is 6.41. The van der Waals surface area contributed by atoms with Crippen LogP contribution in [-0.4, -0.2) is 52.9 Å². The molecule has 1 aromatic heterocycles. The van der Waals surface area contributed by atoms with Gasteiger partial charge in [-0.25, -0.2) is 9.97 Å².